The van der Waals surface area contributed by atoms with Crippen LogP contribution < -0.4 is 0 Å². The van der Waals surface area contributed by atoms with E-state index in [0.29, 0.717) is 5.41 Å². The second kappa shape index (κ2) is 4.60. The van der Waals surface area contributed by atoms with Crippen LogP contribution in [0.5, 0.6) is 0 Å². The monoisotopic (exact) mass is 225 g/mol. The summed E-state index contributed by atoms with van der Waals surface area (Å²) < 4.78 is 0. The van der Waals surface area contributed by atoms with Crippen molar-refractivity contribution in [1.29, 1.82) is 0 Å². The number of nitrogens with zero attached hydrogens (tertiary/aromatic N) is 1. The van der Waals surface area contributed by atoms with Crippen molar-refractivity contribution < 1.29 is 4.79 Å². The van der Waals surface area contributed by atoms with Crippen LogP contribution in [0.3, 0.4) is 0 Å². The van der Waals surface area contributed by atoms with Crippen LogP contribution in [-0.2, 0) is 4.79 Å². The lowest BCUT2D eigenvalue weighted by atomic mass is 9.75. The summed E-state index contributed by atoms with van der Waals surface area (Å²) >= 11 is 2.05. The van der Waals surface area contributed by atoms with Crippen LogP contribution in [0.25, 0.3) is 0 Å². The maximum absolute atomic E-state index is 11.6. The van der Waals surface area contributed by atoms with Gasteiger partial charge in [0.1, 0.15) is 0 Å². The summed E-state index contributed by atoms with van der Waals surface area (Å²) in [4.78, 5) is 13.6. The fourth-order valence-corrected chi connectivity index (χ4v) is 4.10. The molecule has 84 valence electrons. The van der Waals surface area contributed by atoms with Crippen molar-refractivity contribution in [2.75, 3.05) is 24.6 Å². The number of hydrogen-bond donors (Lipinski definition) is 0. The Hall–Kier alpha value is -0.440. The molecule has 3 heteroatoms. The highest BCUT2D eigenvalue weighted by Crippen LogP contribution is 2.41. The quantitative estimate of drug-likeness (QED) is 0.638. The maximum Gasteiger partial charge on any atom is 0.245 e. The summed E-state index contributed by atoms with van der Waals surface area (Å²) in [7, 11) is 0. The van der Waals surface area contributed by atoms with Gasteiger partial charge in [0.05, 0.1) is 0 Å². The van der Waals surface area contributed by atoms with Crippen LogP contribution in [-0.4, -0.2) is 35.4 Å². The summed E-state index contributed by atoms with van der Waals surface area (Å²) in [5.74, 6) is 2.67. The van der Waals surface area contributed by atoms with E-state index in [-0.39, 0.29) is 5.91 Å². The van der Waals surface area contributed by atoms with Crippen molar-refractivity contribution in [3.63, 3.8) is 0 Å². The lowest BCUT2D eigenvalue weighted by molar-refractivity contribution is -0.129. The third-order valence-corrected chi connectivity index (χ3v) is 4.69. The second-order valence-corrected chi connectivity index (χ2v) is 5.90. The van der Waals surface area contributed by atoms with Crippen LogP contribution in [0.15, 0.2) is 12.7 Å². The molecule has 1 amide bonds. The van der Waals surface area contributed by atoms with Crippen LogP contribution in [0.2, 0.25) is 0 Å². The van der Waals surface area contributed by atoms with Gasteiger partial charge < -0.3 is 4.90 Å². The van der Waals surface area contributed by atoms with Crippen LogP contribution in [0, 0.1) is 5.41 Å². The standard InChI is InChI=1S/C12H19NOS/c1-2-11(14)13-7-3-4-12(10-13)5-8-15-9-6-12/h2H,1,3-10H2. The average Bonchev–Trinajstić information content (AvgIpc) is 2.29. The Bertz CT molecular complexity index is 253. The van der Waals surface area contributed by atoms with Crippen LogP contribution in [0.4, 0.5) is 0 Å². The first-order valence-electron chi connectivity index (χ1n) is 5.75. The third kappa shape index (κ3) is 2.39. The minimum absolute atomic E-state index is 0.118. The van der Waals surface area contributed by atoms with E-state index >= 15 is 0 Å². The first kappa shape index (κ1) is 11.1. The van der Waals surface area contributed by atoms with Crippen molar-refractivity contribution in [3.8, 4) is 0 Å². The van der Waals surface area contributed by atoms with E-state index in [1.165, 1.54) is 43.3 Å². The van der Waals surface area contributed by atoms with E-state index in [1.807, 2.05) is 4.90 Å². The number of likely N-dealkylation sites (tertiary alicyclic amines) is 1. The second-order valence-electron chi connectivity index (χ2n) is 4.68. The van der Waals surface area contributed by atoms with Crippen LogP contribution >= 0.6 is 11.8 Å². The van der Waals surface area contributed by atoms with E-state index in [1.54, 1.807) is 0 Å². The zero-order valence-electron chi connectivity index (χ0n) is 9.21. The van der Waals surface area contributed by atoms with Gasteiger partial charge in [0.2, 0.25) is 5.91 Å². The molecule has 0 N–H and O–H groups in total. The van der Waals surface area contributed by atoms with Gasteiger partial charge in [-0.25, -0.2) is 0 Å². The van der Waals surface area contributed by atoms with E-state index in [2.05, 4.69) is 18.3 Å². The van der Waals surface area contributed by atoms with Gasteiger partial charge in [0, 0.05) is 13.1 Å². The molecule has 2 heterocycles. The molecule has 0 radical (unpaired) electrons. The van der Waals surface area contributed by atoms with Crippen molar-refractivity contribution in [2.24, 2.45) is 5.41 Å². The molecule has 0 aromatic rings. The van der Waals surface area contributed by atoms with Gasteiger partial charge in [0.25, 0.3) is 0 Å². The summed E-state index contributed by atoms with van der Waals surface area (Å²) in [5.41, 5.74) is 0.447. The molecule has 2 rings (SSSR count). The summed E-state index contributed by atoms with van der Waals surface area (Å²) in [5, 5.41) is 0. The van der Waals surface area contributed by atoms with Gasteiger partial charge in [-0.05, 0) is 48.7 Å². The fourth-order valence-electron chi connectivity index (χ4n) is 2.74. The topological polar surface area (TPSA) is 20.3 Å². The molecule has 0 aliphatic carbocycles. The molecule has 0 bridgehead atoms. The highest BCUT2D eigenvalue weighted by molar-refractivity contribution is 7.99. The molecule has 0 aromatic heterocycles. The zero-order chi connectivity index (χ0) is 10.7. The van der Waals surface area contributed by atoms with Gasteiger partial charge in [0.15, 0.2) is 0 Å². The van der Waals surface area contributed by atoms with Crippen molar-refractivity contribution in [1.82, 2.24) is 4.90 Å². The molecule has 0 aromatic carbocycles. The minimum atomic E-state index is 0.118. The largest absolute Gasteiger partial charge is 0.339 e. The fraction of sp³-hybridized carbons (Fsp3) is 0.750. The van der Waals surface area contributed by atoms with Crippen molar-refractivity contribution in [2.45, 2.75) is 25.7 Å². The molecule has 0 unspecified atom stereocenters. The highest BCUT2D eigenvalue weighted by atomic mass is 32.2. The van der Waals surface area contributed by atoms with Gasteiger partial charge in [-0.15, -0.1) is 0 Å². The molecule has 1 spiro atoms. The molecule has 2 aliphatic heterocycles. The summed E-state index contributed by atoms with van der Waals surface area (Å²) in [6, 6.07) is 0. The van der Waals surface area contributed by atoms with Gasteiger partial charge in [-0.2, -0.15) is 11.8 Å². The Kier molecular flexibility index (Phi) is 3.39. The number of rotatable bonds is 1. The summed E-state index contributed by atoms with van der Waals surface area (Å²) in [6.45, 7) is 5.47. The minimum Gasteiger partial charge on any atom is -0.339 e. The van der Waals surface area contributed by atoms with Gasteiger partial charge in [-0.3, -0.25) is 4.79 Å². The number of piperidine rings is 1. The Labute approximate surface area is 96.1 Å². The first-order chi connectivity index (χ1) is 7.26. The molecular weight excluding hydrogens is 206 g/mol. The molecule has 0 atom stereocenters. The molecule has 15 heavy (non-hydrogen) atoms. The lowest BCUT2D eigenvalue weighted by Gasteiger charge is -2.44. The van der Waals surface area contributed by atoms with Gasteiger partial charge in [-0.1, -0.05) is 6.58 Å². The van der Waals surface area contributed by atoms with Crippen molar-refractivity contribution in [3.05, 3.63) is 12.7 Å². The van der Waals surface area contributed by atoms with E-state index < -0.39 is 0 Å². The Morgan fingerprint density at radius 3 is 2.73 bits per heavy atom. The zero-order valence-corrected chi connectivity index (χ0v) is 10.0. The maximum atomic E-state index is 11.6. The smallest absolute Gasteiger partial charge is 0.245 e. The highest BCUT2D eigenvalue weighted by Gasteiger charge is 2.37. The SMILES string of the molecule is C=CC(=O)N1CCCC2(CCSCC2)C1. The van der Waals surface area contributed by atoms with E-state index in [0.717, 1.165) is 13.1 Å². The molecular formula is C12H19NOS. The lowest BCUT2D eigenvalue weighted by Crippen LogP contribution is -2.47. The van der Waals surface area contributed by atoms with Crippen LogP contribution in [0.1, 0.15) is 25.7 Å². The summed E-state index contributed by atoms with van der Waals surface area (Å²) in [6.07, 6.45) is 6.52. The van der Waals surface area contributed by atoms with E-state index in [9.17, 15) is 4.79 Å². The molecule has 2 aliphatic rings. The van der Waals surface area contributed by atoms with Crippen molar-refractivity contribution >= 4 is 17.7 Å². The molecule has 2 fully saturated rings. The van der Waals surface area contributed by atoms with E-state index in [4.69, 9.17) is 0 Å². The Balaban J connectivity index is 2.02. The molecule has 2 nitrogen and oxygen atoms in total. The average molecular weight is 225 g/mol. The predicted octanol–water partition coefficient (Wildman–Crippen LogP) is 2.31. The first-order valence-corrected chi connectivity index (χ1v) is 6.90. The number of carbonyl (C=O) groups excluding carboxylic acids is 1. The Morgan fingerprint density at radius 2 is 2.07 bits per heavy atom. The number of amides is 1. The molecule has 0 saturated carbocycles. The number of hydrogen-bond acceptors (Lipinski definition) is 2. The number of carbonyl (C=O) groups is 1. The predicted molar refractivity (Wildman–Crippen MR) is 65.0 cm³/mol. The van der Waals surface area contributed by atoms with Gasteiger partial charge >= 0.3 is 0 Å². The normalized spacial score (nSPS) is 25.2. The number of thioether (sulfide) groups is 1. The Morgan fingerprint density at radius 1 is 1.33 bits per heavy atom. The third-order valence-electron chi connectivity index (χ3n) is 3.70. The molecule has 2 saturated heterocycles.